The second kappa shape index (κ2) is 12.2. The van der Waals surface area contributed by atoms with Gasteiger partial charge in [-0.15, -0.1) is 0 Å². The van der Waals surface area contributed by atoms with Crippen molar-refractivity contribution >= 4 is 56.3 Å². The van der Waals surface area contributed by atoms with Crippen LogP contribution in [0.25, 0.3) is 56.2 Å². The maximum atomic E-state index is 8.96. The van der Waals surface area contributed by atoms with E-state index in [2.05, 4.69) is 143 Å². The van der Waals surface area contributed by atoms with E-state index in [1.54, 1.807) is 0 Å². The SMILES string of the molecule is CC1C=c2c(c3ccccc3n2N/C(=C\C(=N)c2ccccc2)c2ccccc2)=CC1c1ccc2c(c1)c1ccccc1n2-c1ccccc1. The third-order valence-corrected chi connectivity index (χ3v) is 10.1. The van der Waals surface area contributed by atoms with Crippen molar-refractivity contribution in [3.05, 3.63) is 191 Å². The average Bonchev–Trinajstić information content (AvgIpc) is 3.66. The lowest BCUT2D eigenvalue weighted by Gasteiger charge is -2.22. The minimum absolute atomic E-state index is 0.209. The Kier molecular flexibility index (Phi) is 7.28. The number of fused-ring (bicyclic) bond motifs is 6. The molecule has 0 amide bonds. The zero-order chi connectivity index (χ0) is 33.6. The number of para-hydroxylation sites is 3. The highest BCUT2D eigenvalue weighted by Crippen LogP contribution is 2.37. The van der Waals surface area contributed by atoms with Crippen molar-refractivity contribution in [3.8, 4) is 5.69 Å². The number of nitrogens with zero attached hydrogens (tertiary/aromatic N) is 2. The Hall–Kier alpha value is -6.39. The van der Waals surface area contributed by atoms with E-state index in [1.807, 2.05) is 54.6 Å². The van der Waals surface area contributed by atoms with Gasteiger partial charge in [0.2, 0.25) is 0 Å². The summed E-state index contributed by atoms with van der Waals surface area (Å²) in [5, 5.41) is 15.1. The van der Waals surface area contributed by atoms with Gasteiger partial charge in [-0.1, -0.05) is 140 Å². The van der Waals surface area contributed by atoms with E-state index in [0.717, 1.165) is 27.7 Å². The Balaban J connectivity index is 1.18. The molecule has 2 unspecified atom stereocenters. The molecule has 4 heteroatoms. The molecule has 0 fully saturated rings. The Labute approximate surface area is 291 Å². The molecule has 2 atom stereocenters. The molecule has 1 aliphatic rings. The topological polar surface area (TPSA) is 45.7 Å². The number of allylic oxidation sites excluding steroid dienone is 1. The first-order chi connectivity index (χ1) is 24.6. The molecule has 0 bridgehead atoms. The van der Waals surface area contributed by atoms with Crippen molar-refractivity contribution < 1.29 is 0 Å². The minimum Gasteiger partial charge on any atom is -0.309 e. The Morgan fingerprint density at radius 2 is 1.20 bits per heavy atom. The van der Waals surface area contributed by atoms with Crippen LogP contribution in [0, 0.1) is 11.3 Å². The van der Waals surface area contributed by atoms with Crippen molar-refractivity contribution in [1.29, 1.82) is 5.41 Å². The van der Waals surface area contributed by atoms with E-state index in [1.165, 1.54) is 43.7 Å². The molecule has 0 saturated heterocycles. The van der Waals surface area contributed by atoms with E-state index >= 15 is 0 Å². The van der Waals surface area contributed by atoms with Gasteiger partial charge in [0.25, 0.3) is 0 Å². The van der Waals surface area contributed by atoms with Crippen LogP contribution in [0.5, 0.6) is 0 Å². The van der Waals surface area contributed by atoms with Gasteiger partial charge in [-0.05, 0) is 65.1 Å². The zero-order valence-electron chi connectivity index (χ0n) is 27.8. The van der Waals surface area contributed by atoms with E-state index < -0.39 is 0 Å². The quantitative estimate of drug-likeness (QED) is 0.167. The van der Waals surface area contributed by atoms with Gasteiger partial charge in [0, 0.05) is 33.0 Å². The van der Waals surface area contributed by atoms with E-state index in [4.69, 9.17) is 5.41 Å². The highest BCUT2D eigenvalue weighted by atomic mass is 15.4. The Bertz CT molecular complexity index is 2700. The third kappa shape index (κ3) is 5.05. The van der Waals surface area contributed by atoms with Gasteiger partial charge < -0.3 is 9.98 Å². The second-order valence-corrected chi connectivity index (χ2v) is 13.1. The predicted octanol–water partition coefficient (Wildman–Crippen LogP) is 9.39. The van der Waals surface area contributed by atoms with Gasteiger partial charge in [-0.25, -0.2) is 0 Å². The molecule has 0 saturated carbocycles. The molecule has 6 aromatic carbocycles. The molecule has 2 heterocycles. The predicted molar refractivity (Wildman–Crippen MR) is 210 cm³/mol. The molecule has 2 N–H and O–H groups in total. The number of rotatable bonds is 7. The lowest BCUT2D eigenvalue weighted by atomic mass is 9.83. The average molecular weight is 645 g/mol. The van der Waals surface area contributed by atoms with Crippen molar-refractivity contribution in [1.82, 2.24) is 9.24 Å². The lowest BCUT2D eigenvalue weighted by molar-refractivity contribution is 0.689. The lowest BCUT2D eigenvalue weighted by Crippen LogP contribution is -2.38. The molecule has 0 aliphatic heterocycles. The van der Waals surface area contributed by atoms with Crippen LogP contribution in [0.2, 0.25) is 0 Å². The van der Waals surface area contributed by atoms with Crippen molar-refractivity contribution in [3.63, 3.8) is 0 Å². The first-order valence-electron chi connectivity index (χ1n) is 17.2. The summed E-state index contributed by atoms with van der Waals surface area (Å²) in [5.74, 6) is 0.458. The summed E-state index contributed by atoms with van der Waals surface area (Å²) in [6.07, 6.45) is 6.82. The van der Waals surface area contributed by atoms with E-state index in [0.29, 0.717) is 5.71 Å². The second-order valence-electron chi connectivity index (χ2n) is 13.1. The molecule has 4 nitrogen and oxygen atoms in total. The van der Waals surface area contributed by atoms with Crippen molar-refractivity contribution in [2.24, 2.45) is 5.92 Å². The summed E-state index contributed by atoms with van der Waals surface area (Å²) in [7, 11) is 0. The summed E-state index contributed by atoms with van der Waals surface area (Å²) in [6, 6.07) is 55.2. The van der Waals surface area contributed by atoms with Crippen molar-refractivity contribution in [2.45, 2.75) is 12.8 Å². The van der Waals surface area contributed by atoms with Gasteiger partial charge in [0.1, 0.15) is 0 Å². The van der Waals surface area contributed by atoms with Gasteiger partial charge in [0.15, 0.2) is 0 Å². The summed E-state index contributed by atoms with van der Waals surface area (Å²) < 4.78 is 4.59. The maximum Gasteiger partial charge on any atom is 0.0709 e. The number of hydrogen-bond acceptors (Lipinski definition) is 2. The minimum atomic E-state index is 0.209. The van der Waals surface area contributed by atoms with Crippen LogP contribution in [0.15, 0.2) is 164 Å². The molecule has 2 aromatic heterocycles. The molecule has 0 spiro atoms. The summed E-state index contributed by atoms with van der Waals surface area (Å²) >= 11 is 0. The molecule has 8 aromatic rings. The first kappa shape index (κ1) is 29.7. The molecular weight excluding hydrogens is 609 g/mol. The molecule has 1 aliphatic carbocycles. The zero-order valence-corrected chi connectivity index (χ0v) is 27.8. The summed E-state index contributed by atoms with van der Waals surface area (Å²) in [5.41, 5.74) is 13.0. The normalized spacial score (nSPS) is 15.8. The summed E-state index contributed by atoms with van der Waals surface area (Å²) in [6.45, 7) is 2.32. The van der Waals surface area contributed by atoms with Crippen LogP contribution in [0.4, 0.5) is 0 Å². The standard InChI is InChI=1S/C46H36N4/c1-31-27-46-40(29-38(31)34-25-26-44-39(28-34)36-21-11-13-23-43(36)49(44)35-19-9-4-10-20-35)37-22-12-14-24-45(37)50(46)48-42(33-17-7-3-8-18-33)30-41(47)32-15-5-2-6-16-32/h2-31,38,47-48H,1H3/b42-30-,47-41?. The smallest absolute Gasteiger partial charge is 0.0709 e. The van der Waals surface area contributed by atoms with Crippen LogP contribution < -0.4 is 16.0 Å². The molecule has 50 heavy (non-hydrogen) atoms. The maximum absolute atomic E-state index is 8.96. The van der Waals surface area contributed by atoms with Gasteiger partial charge in [0.05, 0.1) is 33.3 Å². The Morgan fingerprint density at radius 1 is 0.600 bits per heavy atom. The van der Waals surface area contributed by atoms with Crippen LogP contribution >= 0.6 is 0 Å². The molecule has 9 rings (SSSR count). The highest BCUT2D eigenvalue weighted by molar-refractivity contribution is 6.11. The fourth-order valence-corrected chi connectivity index (χ4v) is 7.65. The van der Waals surface area contributed by atoms with Gasteiger partial charge in [-0.2, -0.15) is 0 Å². The van der Waals surface area contributed by atoms with Crippen molar-refractivity contribution in [2.75, 3.05) is 5.43 Å². The van der Waals surface area contributed by atoms with Crippen LogP contribution in [0.3, 0.4) is 0 Å². The van der Waals surface area contributed by atoms with E-state index in [9.17, 15) is 0 Å². The number of nitrogens with one attached hydrogen (secondary N) is 2. The van der Waals surface area contributed by atoms with E-state index in [-0.39, 0.29) is 11.8 Å². The largest absolute Gasteiger partial charge is 0.309 e. The monoisotopic (exact) mass is 644 g/mol. The summed E-state index contributed by atoms with van der Waals surface area (Å²) in [4.78, 5) is 0. The van der Waals surface area contributed by atoms with Crippen LogP contribution in [-0.4, -0.2) is 15.0 Å². The third-order valence-electron chi connectivity index (χ3n) is 10.1. The molecule has 240 valence electrons. The van der Waals surface area contributed by atoms with Gasteiger partial charge in [-0.3, -0.25) is 10.1 Å². The molecular formula is C46H36N4. The highest BCUT2D eigenvalue weighted by Gasteiger charge is 2.23. The Morgan fingerprint density at radius 3 is 1.94 bits per heavy atom. The first-order valence-corrected chi connectivity index (χ1v) is 17.2. The number of aromatic nitrogens is 2. The van der Waals surface area contributed by atoms with Crippen LogP contribution in [0.1, 0.15) is 29.5 Å². The fourth-order valence-electron chi connectivity index (χ4n) is 7.65. The number of hydrogen-bond donors (Lipinski definition) is 2. The molecule has 0 radical (unpaired) electrons. The fraction of sp³-hybridized carbons (Fsp3) is 0.0652. The number of benzene rings is 6. The van der Waals surface area contributed by atoms with Crippen LogP contribution in [-0.2, 0) is 0 Å². The van der Waals surface area contributed by atoms with Gasteiger partial charge >= 0.3 is 0 Å².